The lowest BCUT2D eigenvalue weighted by Gasteiger charge is -2.34. The van der Waals surface area contributed by atoms with Crippen LogP contribution in [-0.2, 0) is 14.3 Å². The lowest BCUT2D eigenvalue weighted by molar-refractivity contribution is -0.160. The zero-order chi connectivity index (χ0) is 21.0. The first kappa shape index (κ1) is 23.0. The van der Waals surface area contributed by atoms with Gasteiger partial charge in [-0.05, 0) is 74.1 Å². The highest BCUT2D eigenvalue weighted by Crippen LogP contribution is 2.37. The summed E-state index contributed by atoms with van der Waals surface area (Å²) in [5.74, 6) is -0.712. The molecule has 0 bridgehead atoms. The molecule has 0 saturated carbocycles. The fourth-order valence-corrected chi connectivity index (χ4v) is 3.28. The first-order chi connectivity index (χ1) is 12.3. The summed E-state index contributed by atoms with van der Waals surface area (Å²) < 4.78 is 11.1. The minimum absolute atomic E-state index is 0.0316. The number of likely N-dealkylation sites (tertiary alicyclic amines) is 1. The van der Waals surface area contributed by atoms with Crippen molar-refractivity contribution in [1.29, 1.82) is 5.26 Å². The van der Waals surface area contributed by atoms with Crippen LogP contribution in [0.2, 0.25) is 0 Å². The Bertz CT molecular complexity index is 607. The van der Waals surface area contributed by atoms with Crippen molar-refractivity contribution in [3.63, 3.8) is 0 Å². The van der Waals surface area contributed by atoms with E-state index in [9.17, 15) is 14.9 Å². The molecule has 0 N–H and O–H groups in total. The van der Waals surface area contributed by atoms with E-state index in [1.54, 1.807) is 41.5 Å². The molecule has 1 aliphatic heterocycles. The second kappa shape index (κ2) is 8.77. The van der Waals surface area contributed by atoms with E-state index in [2.05, 4.69) is 6.07 Å². The topological polar surface area (TPSA) is 79.6 Å². The maximum absolute atomic E-state index is 13.0. The lowest BCUT2D eigenvalue weighted by atomic mass is 9.91. The van der Waals surface area contributed by atoms with Gasteiger partial charge in [-0.3, -0.25) is 4.90 Å². The van der Waals surface area contributed by atoms with Crippen molar-refractivity contribution in [2.24, 2.45) is 11.8 Å². The summed E-state index contributed by atoms with van der Waals surface area (Å²) in [6.07, 6.45) is 4.31. The van der Waals surface area contributed by atoms with E-state index >= 15 is 0 Å². The third-order valence-corrected chi connectivity index (χ3v) is 4.22. The number of nitriles is 1. The summed E-state index contributed by atoms with van der Waals surface area (Å²) in [5, 5.41) is 9.26. The highest BCUT2D eigenvalue weighted by atomic mass is 16.6. The van der Waals surface area contributed by atoms with E-state index in [0.717, 1.165) is 0 Å². The summed E-state index contributed by atoms with van der Waals surface area (Å²) >= 11 is 0. The zero-order valence-corrected chi connectivity index (χ0v) is 17.9. The number of carbonyl (C=O) groups is 2. The minimum Gasteiger partial charge on any atom is -0.458 e. The van der Waals surface area contributed by atoms with Gasteiger partial charge in [0.2, 0.25) is 0 Å². The number of hydrogen-bond donors (Lipinski definition) is 0. The number of ether oxygens (including phenoxy) is 2. The van der Waals surface area contributed by atoms with E-state index in [-0.39, 0.29) is 17.9 Å². The molecule has 1 rings (SSSR count). The number of carbonyl (C=O) groups excluding carboxylic acids is 2. The second-order valence-electron chi connectivity index (χ2n) is 9.20. The van der Waals surface area contributed by atoms with Gasteiger partial charge in [-0.25, -0.2) is 9.59 Å². The molecule has 1 unspecified atom stereocenters. The Kier molecular flexibility index (Phi) is 7.48. The average Bonchev–Trinajstić information content (AvgIpc) is 2.83. The highest BCUT2D eigenvalue weighted by Gasteiger charge is 2.49. The van der Waals surface area contributed by atoms with Gasteiger partial charge in [0.25, 0.3) is 0 Å². The van der Waals surface area contributed by atoms with E-state index in [1.807, 2.05) is 26.0 Å². The fourth-order valence-electron chi connectivity index (χ4n) is 3.28. The van der Waals surface area contributed by atoms with E-state index in [0.29, 0.717) is 12.8 Å². The van der Waals surface area contributed by atoms with Crippen molar-refractivity contribution in [2.75, 3.05) is 0 Å². The van der Waals surface area contributed by atoms with Crippen molar-refractivity contribution in [2.45, 2.75) is 91.5 Å². The van der Waals surface area contributed by atoms with Crippen LogP contribution in [0.5, 0.6) is 0 Å². The predicted octanol–water partition coefficient (Wildman–Crippen LogP) is 4.45. The Morgan fingerprint density at radius 3 is 2.19 bits per heavy atom. The van der Waals surface area contributed by atoms with Gasteiger partial charge in [0.15, 0.2) is 0 Å². The van der Waals surface area contributed by atoms with Crippen LogP contribution in [0, 0.1) is 23.2 Å². The van der Waals surface area contributed by atoms with Crippen LogP contribution in [0.3, 0.4) is 0 Å². The first-order valence-electron chi connectivity index (χ1n) is 9.55. The quantitative estimate of drug-likeness (QED) is 0.533. The Labute approximate surface area is 163 Å². The van der Waals surface area contributed by atoms with Crippen molar-refractivity contribution >= 4 is 12.1 Å². The van der Waals surface area contributed by atoms with Gasteiger partial charge >= 0.3 is 12.1 Å². The number of allylic oxidation sites excluding steroid dienone is 1. The molecule has 1 aliphatic rings. The molecular formula is C21H34N2O4. The Morgan fingerprint density at radius 1 is 1.19 bits per heavy atom. The van der Waals surface area contributed by atoms with Gasteiger partial charge < -0.3 is 9.47 Å². The third kappa shape index (κ3) is 6.89. The molecule has 0 aromatic carbocycles. The summed E-state index contributed by atoms with van der Waals surface area (Å²) in [7, 11) is 0. The standard InChI is InChI=1S/C21H34N2O4/c1-9-10-15-12-17(18(24)26-20(3,4)5)23(16(15)11-14(2)13-22)19(25)27-21(6,7)8/h9-10,14-17H,11-12H2,1-8H3/t14?,15-,16-,17-/m1/s1. The maximum atomic E-state index is 13.0. The van der Waals surface area contributed by atoms with Crippen LogP contribution in [-0.4, -0.2) is 40.2 Å². The Balaban J connectivity index is 3.27. The summed E-state index contributed by atoms with van der Waals surface area (Å²) in [4.78, 5) is 27.3. The van der Waals surface area contributed by atoms with E-state index in [1.165, 1.54) is 4.90 Å². The van der Waals surface area contributed by atoms with Crippen LogP contribution in [0.4, 0.5) is 4.79 Å². The maximum Gasteiger partial charge on any atom is 0.411 e. The van der Waals surface area contributed by atoms with Gasteiger partial charge in [0.1, 0.15) is 17.2 Å². The Hall–Kier alpha value is -2.03. The molecule has 0 spiro atoms. The number of rotatable bonds is 4. The number of nitrogens with zero attached hydrogens (tertiary/aromatic N) is 2. The number of hydrogen-bond acceptors (Lipinski definition) is 5. The van der Waals surface area contributed by atoms with Gasteiger partial charge in [-0.15, -0.1) is 0 Å². The summed E-state index contributed by atoms with van der Waals surface area (Å²) in [6.45, 7) is 14.5. The molecule has 1 heterocycles. The van der Waals surface area contributed by atoms with Crippen LogP contribution in [0.15, 0.2) is 12.2 Å². The van der Waals surface area contributed by atoms with E-state index in [4.69, 9.17) is 9.47 Å². The zero-order valence-electron chi connectivity index (χ0n) is 17.9. The second-order valence-corrected chi connectivity index (χ2v) is 9.20. The van der Waals surface area contributed by atoms with Crippen LogP contribution < -0.4 is 0 Å². The molecule has 0 radical (unpaired) electrons. The number of amides is 1. The molecule has 0 aliphatic carbocycles. The molecule has 6 heteroatoms. The minimum atomic E-state index is -0.726. The van der Waals surface area contributed by atoms with Gasteiger partial charge in [-0.1, -0.05) is 12.2 Å². The highest BCUT2D eigenvalue weighted by molar-refractivity contribution is 5.83. The Morgan fingerprint density at radius 2 is 1.74 bits per heavy atom. The SMILES string of the molecule is CC=C[C@@H]1C[C@H](C(=O)OC(C)(C)C)N(C(=O)OC(C)(C)C)[C@@H]1CC(C)C#N. The van der Waals surface area contributed by atoms with Crippen LogP contribution >= 0.6 is 0 Å². The molecule has 1 fully saturated rings. The molecule has 0 aromatic heterocycles. The predicted molar refractivity (Wildman–Crippen MR) is 104 cm³/mol. The molecule has 1 amide bonds. The first-order valence-corrected chi connectivity index (χ1v) is 9.55. The third-order valence-electron chi connectivity index (χ3n) is 4.22. The summed E-state index contributed by atoms with van der Waals surface area (Å²) in [5.41, 5.74) is -1.33. The molecule has 6 nitrogen and oxygen atoms in total. The molecule has 27 heavy (non-hydrogen) atoms. The van der Waals surface area contributed by atoms with Gasteiger partial charge in [-0.2, -0.15) is 5.26 Å². The molecule has 152 valence electrons. The lowest BCUT2D eigenvalue weighted by Crippen LogP contribution is -2.49. The fraction of sp³-hybridized carbons (Fsp3) is 0.762. The van der Waals surface area contributed by atoms with Gasteiger partial charge in [0, 0.05) is 12.0 Å². The van der Waals surface area contributed by atoms with Crippen molar-refractivity contribution in [1.82, 2.24) is 4.90 Å². The normalized spacial score (nSPS) is 24.6. The van der Waals surface area contributed by atoms with E-state index < -0.39 is 29.3 Å². The number of esters is 1. The molecule has 4 atom stereocenters. The van der Waals surface area contributed by atoms with Crippen molar-refractivity contribution in [3.8, 4) is 6.07 Å². The van der Waals surface area contributed by atoms with Gasteiger partial charge in [0.05, 0.1) is 6.07 Å². The van der Waals surface area contributed by atoms with Crippen LogP contribution in [0.1, 0.15) is 68.2 Å². The smallest absolute Gasteiger partial charge is 0.411 e. The average molecular weight is 379 g/mol. The largest absolute Gasteiger partial charge is 0.458 e. The van der Waals surface area contributed by atoms with Crippen LogP contribution in [0.25, 0.3) is 0 Å². The molecule has 0 aromatic rings. The molecule has 1 saturated heterocycles. The van der Waals surface area contributed by atoms with Crippen molar-refractivity contribution in [3.05, 3.63) is 12.2 Å². The monoisotopic (exact) mass is 378 g/mol. The van der Waals surface area contributed by atoms with Crippen molar-refractivity contribution < 1.29 is 19.1 Å². The molecular weight excluding hydrogens is 344 g/mol. The summed E-state index contributed by atoms with van der Waals surface area (Å²) in [6, 6.07) is 1.21.